The number of rotatable bonds is 7. The number of nitrogens with one attached hydrogen (secondary N) is 1. The molecule has 0 saturated carbocycles. The molecule has 1 unspecified atom stereocenters. The van der Waals surface area contributed by atoms with Gasteiger partial charge in [-0.3, -0.25) is 0 Å². The van der Waals surface area contributed by atoms with Crippen LogP contribution in [0.4, 0.5) is 11.4 Å². The van der Waals surface area contributed by atoms with Crippen LogP contribution in [-0.4, -0.2) is 29.5 Å². The molecule has 6 heteroatoms. The molecule has 1 aliphatic heterocycles. The number of ether oxygens (including phenoxy) is 1. The van der Waals surface area contributed by atoms with Gasteiger partial charge in [0.2, 0.25) is 0 Å². The number of para-hydroxylation sites is 2. The van der Waals surface area contributed by atoms with Crippen molar-refractivity contribution < 1.29 is 14.1 Å². The molecule has 0 bridgehead atoms. The molecular weight excluding hydrogens is 408 g/mol. The Hall–Kier alpha value is -2.83. The van der Waals surface area contributed by atoms with E-state index in [4.69, 9.17) is 4.74 Å². The minimum Gasteiger partial charge on any atom is -0.504 e. The second-order valence-corrected chi connectivity index (χ2v) is 9.16. The smallest absolute Gasteiger partial charge is 0.162 e. The summed E-state index contributed by atoms with van der Waals surface area (Å²) in [5, 5.41) is 13.7. The van der Waals surface area contributed by atoms with E-state index in [9.17, 15) is 9.32 Å². The molecular formula is C25H28N2O3S. The normalized spacial score (nSPS) is 14.8. The third kappa shape index (κ3) is 4.05. The molecule has 3 aromatic carbocycles. The molecule has 4 rings (SSSR count). The summed E-state index contributed by atoms with van der Waals surface area (Å²) in [6.07, 6.45) is 0.901. The Labute approximate surface area is 186 Å². The van der Waals surface area contributed by atoms with Crippen molar-refractivity contribution in [3.8, 4) is 11.5 Å². The van der Waals surface area contributed by atoms with Crippen LogP contribution in [0.15, 0.2) is 64.4 Å². The SMILES string of the molecule is COc1cccc(CNCCCN2c3ccccc3S(=O)c3ccc(C)c(C)c32)c1O. The highest BCUT2D eigenvalue weighted by atomic mass is 32.2. The molecule has 5 nitrogen and oxygen atoms in total. The lowest BCUT2D eigenvalue weighted by atomic mass is 10.1. The van der Waals surface area contributed by atoms with E-state index in [1.807, 2.05) is 36.4 Å². The van der Waals surface area contributed by atoms with E-state index < -0.39 is 10.8 Å². The number of methoxy groups -OCH3 is 1. The van der Waals surface area contributed by atoms with Gasteiger partial charge in [-0.05, 0) is 62.2 Å². The van der Waals surface area contributed by atoms with Crippen LogP contribution in [0.1, 0.15) is 23.1 Å². The number of phenols is 1. The molecule has 2 N–H and O–H groups in total. The maximum Gasteiger partial charge on any atom is 0.162 e. The molecule has 162 valence electrons. The van der Waals surface area contributed by atoms with E-state index in [0.717, 1.165) is 46.2 Å². The first-order valence-corrected chi connectivity index (χ1v) is 11.6. The van der Waals surface area contributed by atoms with Gasteiger partial charge in [0, 0.05) is 18.7 Å². The van der Waals surface area contributed by atoms with Crippen LogP contribution in [0.2, 0.25) is 0 Å². The van der Waals surface area contributed by atoms with Gasteiger partial charge in [-0.15, -0.1) is 0 Å². The molecule has 0 radical (unpaired) electrons. The summed E-state index contributed by atoms with van der Waals surface area (Å²) in [7, 11) is 0.387. The highest BCUT2D eigenvalue weighted by Gasteiger charge is 2.29. The lowest BCUT2D eigenvalue weighted by molar-refractivity contribution is 0.369. The molecule has 0 spiro atoms. The molecule has 31 heavy (non-hydrogen) atoms. The van der Waals surface area contributed by atoms with E-state index in [1.54, 1.807) is 13.2 Å². The first-order chi connectivity index (χ1) is 15.0. The summed E-state index contributed by atoms with van der Waals surface area (Å²) in [6.45, 7) is 6.37. The number of anilines is 2. The van der Waals surface area contributed by atoms with Crippen molar-refractivity contribution in [1.82, 2.24) is 5.32 Å². The van der Waals surface area contributed by atoms with Crippen LogP contribution < -0.4 is 15.0 Å². The van der Waals surface area contributed by atoms with Crippen molar-refractivity contribution in [3.63, 3.8) is 0 Å². The fraction of sp³-hybridized carbons (Fsp3) is 0.280. The number of benzene rings is 3. The number of nitrogens with zero attached hydrogens (tertiary/aromatic N) is 1. The van der Waals surface area contributed by atoms with Crippen LogP contribution in [-0.2, 0) is 17.3 Å². The van der Waals surface area contributed by atoms with Crippen molar-refractivity contribution in [2.24, 2.45) is 0 Å². The topological polar surface area (TPSA) is 61.8 Å². The van der Waals surface area contributed by atoms with Crippen LogP contribution in [0.5, 0.6) is 11.5 Å². The van der Waals surface area contributed by atoms with Gasteiger partial charge < -0.3 is 20.1 Å². The third-order valence-electron chi connectivity index (χ3n) is 5.84. The van der Waals surface area contributed by atoms with Crippen molar-refractivity contribution >= 4 is 22.2 Å². The van der Waals surface area contributed by atoms with Crippen LogP contribution in [0, 0.1) is 13.8 Å². The zero-order valence-corrected chi connectivity index (χ0v) is 19.0. The quantitative estimate of drug-likeness (QED) is 0.520. The molecule has 0 aromatic heterocycles. The van der Waals surface area contributed by atoms with Gasteiger partial charge in [0.1, 0.15) is 0 Å². The molecule has 0 fully saturated rings. The summed E-state index contributed by atoms with van der Waals surface area (Å²) in [5.74, 6) is 0.671. The van der Waals surface area contributed by atoms with Crippen LogP contribution in [0.25, 0.3) is 0 Å². The number of phenolic OH excluding ortho intramolecular Hbond substituents is 1. The fourth-order valence-corrected chi connectivity index (χ4v) is 5.47. The number of aromatic hydroxyl groups is 1. The maximum absolute atomic E-state index is 13.2. The Morgan fingerprint density at radius 1 is 1.03 bits per heavy atom. The molecule has 1 heterocycles. The monoisotopic (exact) mass is 436 g/mol. The minimum absolute atomic E-state index is 0.185. The van der Waals surface area contributed by atoms with Gasteiger partial charge in [-0.2, -0.15) is 0 Å². The average Bonchev–Trinajstić information content (AvgIpc) is 2.79. The summed E-state index contributed by atoms with van der Waals surface area (Å²) in [6, 6.07) is 17.5. The van der Waals surface area contributed by atoms with Crippen molar-refractivity contribution in [2.75, 3.05) is 25.1 Å². The summed E-state index contributed by atoms with van der Waals surface area (Å²) in [4.78, 5) is 4.06. The van der Waals surface area contributed by atoms with E-state index in [2.05, 4.69) is 36.2 Å². The van der Waals surface area contributed by atoms with Gasteiger partial charge >= 0.3 is 0 Å². The third-order valence-corrected chi connectivity index (χ3v) is 7.32. The lowest BCUT2D eigenvalue weighted by Gasteiger charge is -2.34. The predicted molar refractivity (Wildman–Crippen MR) is 125 cm³/mol. The molecule has 3 aromatic rings. The Bertz CT molecular complexity index is 1130. The van der Waals surface area contributed by atoms with Crippen molar-refractivity contribution in [1.29, 1.82) is 0 Å². The number of hydrogen-bond acceptors (Lipinski definition) is 5. The number of aryl methyl sites for hydroxylation is 1. The number of hydrogen-bond donors (Lipinski definition) is 2. The molecule has 0 amide bonds. The predicted octanol–water partition coefficient (Wildman–Crippen LogP) is 4.82. The fourth-order valence-electron chi connectivity index (χ4n) is 4.03. The summed E-state index contributed by atoms with van der Waals surface area (Å²) < 4.78 is 18.4. The van der Waals surface area contributed by atoms with Gasteiger partial charge in [0.05, 0.1) is 39.1 Å². The Morgan fingerprint density at radius 3 is 2.65 bits per heavy atom. The zero-order chi connectivity index (χ0) is 22.0. The first-order valence-electron chi connectivity index (χ1n) is 10.5. The van der Waals surface area contributed by atoms with E-state index >= 15 is 0 Å². The lowest BCUT2D eigenvalue weighted by Crippen LogP contribution is -2.28. The Kier molecular flexibility index (Phi) is 6.30. The highest BCUT2D eigenvalue weighted by Crippen LogP contribution is 2.44. The van der Waals surface area contributed by atoms with Crippen LogP contribution in [0.3, 0.4) is 0 Å². The highest BCUT2D eigenvalue weighted by molar-refractivity contribution is 7.85. The molecule has 1 atom stereocenters. The summed E-state index contributed by atoms with van der Waals surface area (Å²) >= 11 is 0. The Balaban J connectivity index is 1.49. The maximum atomic E-state index is 13.2. The van der Waals surface area contributed by atoms with E-state index in [0.29, 0.717) is 12.3 Å². The van der Waals surface area contributed by atoms with Gasteiger partial charge in [0.25, 0.3) is 0 Å². The summed E-state index contributed by atoms with van der Waals surface area (Å²) in [5.41, 5.74) is 5.28. The van der Waals surface area contributed by atoms with Gasteiger partial charge in [-0.1, -0.05) is 30.3 Å². The van der Waals surface area contributed by atoms with Gasteiger partial charge in [-0.25, -0.2) is 4.21 Å². The Morgan fingerprint density at radius 2 is 1.84 bits per heavy atom. The largest absolute Gasteiger partial charge is 0.504 e. The van der Waals surface area contributed by atoms with E-state index in [-0.39, 0.29) is 5.75 Å². The van der Waals surface area contributed by atoms with Crippen molar-refractivity contribution in [2.45, 2.75) is 36.6 Å². The second-order valence-electron chi connectivity index (χ2n) is 7.74. The molecule has 0 aliphatic carbocycles. The van der Waals surface area contributed by atoms with Gasteiger partial charge in [0.15, 0.2) is 11.5 Å². The van der Waals surface area contributed by atoms with Crippen molar-refractivity contribution in [3.05, 3.63) is 71.3 Å². The molecule has 1 aliphatic rings. The zero-order valence-electron chi connectivity index (χ0n) is 18.1. The second kappa shape index (κ2) is 9.12. The molecule has 0 saturated heterocycles. The van der Waals surface area contributed by atoms with Crippen LogP contribution >= 0.6 is 0 Å². The number of fused-ring (bicyclic) bond motifs is 2. The van der Waals surface area contributed by atoms with E-state index in [1.165, 1.54) is 11.1 Å². The minimum atomic E-state index is -1.17. The average molecular weight is 437 g/mol. The standard InChI is InChI=1S/C25H28N2O3S/c1-17-12-13-23-24(18(17)2)27(20-9-4-5-11-22(20)31(23)29)15-7-14-26-16-19-8-6-10-21(30-3)25(19)28/h4-6,8-13,26,28H,7,14-16H2,1-3H3. The first kappa shape index (κ1) is 21.4.